The molecule has 1 N–H and O–H groups in total. The van der Waals surface area contributed by atoms with Crippen molar-refractivity contribution in [2.75, 3.05) is 0 Å². The molecule has 9 unspecified atom stereocenters. The fourth-order valence-electron chi connectivity index (χ4n) is 9.00. The van der Waals surface area contributed by atoms with Crippen molar-refractivity contribution in [3.05, 3.63) is 0 Å². The lowest BCUT2D eigenvalue weighted by Crippen LogP contribution is -2.57. The predicted molar refractivity (Wildman–Crippen MR) is 119 cm³/mol. The third-order valence-electron chi connectivity index (χ3n) is 11.4. The maximum atomic E-state index is 11.4. The van der Waals surface area contributed by atoms with Crippen LogP contribution < -0.4 is 0 Å². The van der Waals surface area contributed by atoms with Crippen LogP contribution in [0.2, 0.25) is 0 Å². The zero-order valence-corrected chi connectivity index (χ0v) is 19.8. The Morgan fingerprint density at radius 1 is 1.03 bits per heavy atom. The number of fused-ring (bicyclic) bond motifs is 5. The van der Waals surface area contributed by atoms with Crippen molar-refractivity contribution in [1.29, 1.82) is 0 Å². The fourth-order valence-corrected chi connectivity index (χ4v) is 9.00. The van der Waals surface area contributed by atoms with Crippen molar-refractivity contribution >= 4 is 6.29 Å². The number of aliphatic hydroxyl groups excluding tert-OH is 1. The summed E-state index contributed by atoms with van der Waals surface area (Å²) in [5, 5.41) is 11.4. The summed E-state index contributed by atoms with van der Waals surface area (Å²) < 4.78 is 0. The molecule has 2 nitrogen and oxygen atoms in total. The first-order chi connectivity index (χ1) is 13.6. The van der Waals surface area contributed by atoms with Gasteiger partial charge in [-0.2, -0.15) is 0 Å². The molecular weight excluding hydrogens is 356 g/mol. The lowest BCUT2D eigenvalue weighted by atomic mass is 9.44. The smallest absolute Gasteiger partial charge is 0.120 e. The van der Waals surface area contributed by atoms with E-state index in [9.17, 15) is 9.90 Å². The molecule has 4 aliphatic carbocycles. The molecule has 0 amide bonds. The van der Waals surface area contributed by atoms with Crippen LogP contribution in [0, 0.1) is 51.8 Å². The van der Waals surface area contributed by atoms with Crippen molar-refractivity contribution in [1.82, 2.24) is 0 Å². The Morgan fingerprint density at radius 2 is 1.76 bits per heavy atom. The van der Waals surface area contributed by atoms with E-state index in [1.165, 1.54) is 57.8 Å². The lowest BCUT2D eigenvalue weighted by Gasteiger charge is -2.62. The molecule has 166 valence electrons. The van der Waals surface area contributed by atoms with Crippen LogP contribution in [-0.2, 0) is 4.79 Å². The molecule has 0 bridgehead atoms. The Morgan fingerprint density at radius 3 is 2.48 bits per heavy atom. The molecule has 9 atom stereocenters. The van der Waals surface area contributed by atoms with Gasteiger partial charge >= 0.3 is 0 Å². The predicted octanol–water partition coefficient (Wildman–Crippen LogP) is 6.65. The number of aldehydes is 1. The van der Waals surface area contributed by atoms with Crippen LogP contribution in [-0.4, -0.2) is 17.5 Å². The van der Waals surface area contributed by atoms with Crippen molar-refractivity contribution in [3.8, 4) is 0 Å². The summed E-state index contributed by atoms with van der Waals surface area (Å²) in [4.78, 5) is 11.1. The van der Waals surface area contributed by atoms with Crippen molar-refractivity contribution in [3.63, 3.8) is 0 Å². The van der Waals surface area contributed by atoms with Gasteiger partial charge in [0.15, 0.2) is 0 Å². The van der Waals surface area contributed by atoms with Gasteiger partial charge in [0.05, 0.1) is 6.10 Å². The maximum Gasteiger partial charge on any atom is 0.120 e. The SMILES string of the molecule is CC(CC=O)C(C)(C)CC1CCC2C3C(O)CC4CCCCC4(C)C3CCC12C. The molecule has 4 rings (SSSR count). The number of carbonyl (C=O) groups is 1. The minimum atomic E-state index is -0.0680. The number of carbonyl (C=O) groups excluding carboxylic acids is 1. The summed E-state index contributed by atoms with van der Waals surface area (Å²) in [5.41, 5.74) is 1.09. The number of aliphatic hydroxyl groups is 1. The van der Waals surface area contributed by atoms with Gasteiger partial charge in [-0.25, -0.2) is 0 Å². The first-order valence-electron chi connectivity index (χ1n) is 12.7. The lowest BCUT2D eigenvalue weighted by molar-refractivity contribution is -0.164. The van der Waals surface area contributed by atoms with E-state index >= 15 is 0 Å². The zero-order valence-electron chi connectivity index (χ0n) is 19.8. The summed E-state index contributed by atoms with van der Waals surface area (Å²) >= 11 is 0. The molecule has 4 saturated carbocycles. The summed E-state index contributed by atoms with van der Waals surface area (Å²) in [6, 6.07) is 0. The van der Waals surface area contributed by atoms with Crippen LogP contribution >= 0.6 is 0 Å². The second kappa shape index (κ2) is 7.64. The first-order valence-corrected chi connectivity index (χ1v) is 12.7. The molecule has 29 heavy (non-hydrogen) atoms. The molecule has 4 fully saturated rings. The van der Waals surface area contributed by atoms with Crippen LogP contribution in [0.25, 0.3) is 0 Å². The van der Waals surface area contributed by atoms with Gasteiger partial charge in [-0.15, -0.1) is 0 Å². The van der Waals surface area contributed by atoms with Gasteiger partial charge in [-0.1, -0.05) is 47.5 Å². The molecule has 0 radical (unpaired) electrons. The highest BCUT2D eigenvalue weighted by atomic mass is 16.3. The van der Waals surface area contributed by atoms with Gasteiger partial charge in [-0.05, 0) is 103 Å². The van der Waals surface area contributed by atoms with Crippen LogP contribution in [0.15, 0.2) is 0 Å². The van der Waals surface area contributed by atoms with Crippen LogP contribution in [0.5, 0.6) is 0 Å². The Kier molecular flexibility index (Phi) is 5.76. The minimum absolute atomic E-state index is 0.0680. The minimum Gasteiger partial charge on any atom is -0.393 e. The maximum absolute atomic E-state index is 11.4. The molecular formula is C27H46O2. The van der Waals surface area contributed by atoms with Gasteiger partial charge < -0.3 is 9.90 Å². The summed E-state index contributed by atoms with van der Waals surface area (Å²) in [7, 11) is 0. The van der Waals surface area contributed by atoms with Crippen molar-refractivity contribution in [2.24, 2.45) is 51.8 Å². The van der Waals surface area contributed by atoms with E-state index in [0.717, 1.165) is 30.5 Å². The highest BCUT2D eigenvalue weighted by Crippen LogP contribution is 2.68. The normalized spacial score (nSPS) is 48.3. The van der Waals surface area contributed by atoms with Gasteiger partial charge in [0, 0.05) is 6.42 Å². The molecule has 0 aromatic heterocycles. The van der Waals surface area contributed by atoms with Crippen molar-refractivity contribution in [2.45, 2.75) is 111 Å². The van der Waals surface area contributed by atoms with Crippen molar-refractivity contribution < 1.29 is 9.90 Å². The second-order valence-corrected chi connectivity index (χ2v) is 12.9. The fraction of sp³-hybridized carbons (Fsp3) is 0.963. The Labute approximate surface area is 179 Å². The zero-order chi connectivity index (χ0) is 21.0. The average Bonchev–Trinajstić information content (AvgIpc) is 2.98. The third-order valence-corrected chi connectivity index (χ3v) is 11.4. The topological polar surface area (TPSA) is 37.3 Å². The molecule has 0 saturated heterocycles. The standard InChI is InChI=1S/C27H46O2/c1-18(12-15-28)25(2,3)17-20-9-10-21-24-22(11-14-27(20,21)5)26(4)13-7-6-8-19(26)16-23(24)29/h15,18-24,29H,6-14,16-17H2,1-5H3. The largest absolute Gasteiger partial charge is 0.393 e. The highest BCUT2D eigenvalue weighted by molar-refractivity contribution is 5.49. The van der Waals surface area contributed by atoms with E-state index in [0.29, 0.717) is 35.0 Å². The Balaban J connectivity index is 1.55. The molecule has 0 aromatic carbocycles. The van der Waals surface area contributed by atoms with Crippen LogP contribution in [0.4, 0.5) is 0 Å². The Hall–Kier alpha value is -0.370. The molecule has 0 heterocycles. The van der Waals surface area contributed by atoms with E-state index < -0.39 is 0 Å². The molecule has 2 heteroatoms. The number of hydrogen-bond acceptors (Lipinski definition) is 2. The molecule has 4 aliphatic rings. The average molecular weight is 403 g/mol. The Bertz CT molecular complexity index is 612. The van der Waals surface area contributed by atoms with Gasteiger partial charge in [-0.3, -0.25) is 0 Å². The second-order valence-electron chi connectivity index (χ2n) is 12.9. The van der Waals surface area contributed by atoms with E-state index in [1.54, 1.807) is 0 Å². The van der Waals surface area contributed by atoms with E-state index in [2.05, 4.69) is 34.6 Å². The highest BCUT2D eigenvalue weighted by Gasteiger charge is 2.62. The van der Waals surface area contributed by atoms with Gasteiger partial charge in [0.1, 0.15) is 6.29 Å². The molecule has 0 aliphatic heterocycles. The third kappa shape index (κ3) is 3.44. The van der Waals surface area contributed by atoms with Gasteiger partial charge in [0.25, 0.3) is 0 Å². The first kappa shape index (κ1) is 21.8. The summed E-state index contributed by atoms with van der Waals surface area (Å²) in [6.07, 6.45) is 14.9. The van der Waals surface area contributed by atoms with E-state index in [1.807, 2.05) is 0 Å². The summed E-state index contributed by atoms with van der Waals surface area (Å²) in [5.74, 6) is 3.95. The van der Waals surface area contributed by atoms with E-state index in [4.69, 9.17) is 0 Å². The number of rotatable bonds is 5. The molecule has 0 aromatic rings. The monoisotopic (exact) mass is 402 g/mol. The van der Waals surface area contributed by atoms with Crippen LogP contribution in [0.1, 0.15) is 105 Å². The van der Waals surface area contributed by atoms with Crippen LogP contribution in [0.3, 0.4) is 0 Å². The molecule has 0 spiro atoms. The quantitative estimate of drug-likeness (QED) is 0.523. The van der Waals surface area contributed by atoms with Gasteiger partial charge in [0.2, 0.25) is 0 Å². The summed E-state index contributed by atoms with van der Waals surface area (Å²) in [6.45, 7) is 12.2. The van der Waals surface area contributed by atoms with E-state index in [-0.39, 0.29) is 11.5 Å². The number of hydrogen-bond donors (Lipinski definition) is 1.